The van der Waals surface area contributed by atoms with Crippen molar-refractivity contribution >= 4 is 11.8 Å². The van der Waals surface area contributed by atoms with Crippen molar-refractivity contribution in [3.8, 4) is 11.1 Å². The molecule has 1 fully saturated rings. The van der Waals surface area contributed by atoms with Crippen molar-refractivity contribution < 1.29 is 9.59 Å². The topological polar surface area (TPSA) is 49.4 Å². The predicted molar refractivity (Wildman–Crippen MR) is 80.8 cm³/mol. The van der Waals surface area contributed by atoms with Crippen LogP contribution in [-0.4, -0.2) is 36.3 Å². The second-order valence-corrected chi connectivity index (χ2v) is 4.99. The normalized spacial score (nSPS) is 14.7. The van der Waals surface area contributed by atoms with Crippen LogP contribution in [0.4, 0.5) is 0 Å². The first-order valence-corrected chi connectivity index (χ1v) is 6.96. The Kier molecular flexibility index (Phi) is 3.69. The minimum Gasteiger partial charge on any atom is -0.353 e. The van der Waals surface area contributed by atoms with Gasteiger partial charge in [0.05, 0.1) is 6.54 Å². The fourth-order valence-electron chi connectivity index (χ4n) is 2.52. The van der Waals surface area contributed by atoms with Crippen molar-refractivity contribution in [2.75, 3.05) is 19.6 Å². The minimum absolute atomic E-state index is 0.0932. The van der Waals surface area contributed by atoms with E-state index in [0.717, 1.165) is 11.1 Å². The van der Waals surface area contributed by atoms with Gasteiger partial charge in [-0.25, -0.2) is 0 Å². The van der Waals surface area contributed by atoms with Gasteiger partial charge in [0.2, 0.25) is 5.91 Å². The SMILES string of the molecule is O=C1CN(C(=O)c2ccccc2-c2ccccc2)CCN1. The Labute approximate surface area is 123 Å². The van der Waals surface area contributed by atoms with Crippen LogP contribution in [-0.2, 0) is 4.79 Å². The summed E-state index contributed by atoms with van der Waals surface area (Å²) in [5, 5.41) is 2.73. The average Bonchev–Trinajstić information content (AvgIpc) is 2.55. The number of amides is 2. The van der Waals surface area contributed by atoms with Crippen molar-refractivity contribution in [3.63, 3.8) is 0 Å². The van der Waals surface area contributed by atoms with Crippen LogP contribution in [0.1, 0.15) is 10.4 Å². The maximum Gasteiger partial charge on any atom is 0.255 e. The highest BCUT2D eigenvalue weighted by molar-refractivity contribution is 6.02. The molecule has 1 N–H and O–H groups in total. The summed E-state index contributed by atoms with van der Waals surface area (Å²) >= 11 is 0. The van der Waals surface area contributed by atoms with E-state index in [2.05, 4.69) is 5.32 Å². The average molecular weight is 280 g/mol. The lowest BCUT2D eigenvalue weighted by molar-refractivity contribution is -0.123. The van der Waals surface area contributed by atoms with Crippen LogP contribution in [0.15, 0.2) is 54.6 Å². The summed E-state index contributed by atoms with van der Waals surface area (Å²) in [6.07, 6.45) is 0. The Balaban J connectivity index is 1.95. The fourth-order valence-corrected chi connectivity index (χ4v) is 2.52. The third kappa shape index (κ3) is 2.79. The van der Waals surface area contributed by atoms with Gasteiger partial charge in [0.1, 0.15) is 0 Å². The van der Waals surface area contributed by atoms with Crippen molar-refractivity contribution in [1.82, 2.24) is 10.2 Å². The summed E-state index contributed by atoms with van der Waals surface area (Å²) in [5.74, 6) is -0.198. The van der Waals surface area contributed by atoms with Crippen LogP contribution < -0.4 is 5.32 Å². The van der Waals surface area contributed by atoms with E-state index in [-0.39, 0.29) is 18.4 Å². The first-order chi connectivity index (χ1) is 10.3. The Morgan fingerprint density at radius 2 is 1.71 bits per heavy atom. The van der Waals surface area contributed by atoms with Crippen molar-refractivity contribution in [2.24, 2.45) is 0 Å². The van der Waals surface area contributed by atoms with E-state index in [1.807, 2.05) is 54.6 Å². The molecular weight excluding hydrogens is 264 g/mol. The maximum atomic E-state index is 12.7. The van der Waals surface area contributed by atoms with Crippen LogP contribution >= 0.6 is 0 Å². The molecule has 0 bridgehead atoms. The van der Waals surface area contributed by atoms with E-state index in [9.17, 15) is 9.59 Å². The van der Waals surface area contributed by atoms with E-state index in [1.54, 1.807) is 4.90 Å². The molecule has 1 heterocycles. The van der Waals surface area contributed by atoms with Crippen molar-refractivity contribution in [1.29, 1.82) is 0 Å². The highest BCUT2D eigenvalue weighted by Crippen LogP contribution is 2.24. The summed E-state index contributed by atoms with van der Waals surface area (Å²) in [5.41, 5.74) is 2.54. The molecule has 0 atom stereocenters. The second-order valence-electron chi connectivity index (χ2n) is 4.99. The van der Waals surface area contributed by atoms with Gasteiger partial charge in [0.15, 0.2) is 0 Å². The number of benzene rings is 2. The highest BCUT2D eigenvalue weighted by Gasteiger charge is 2.24. The van der Waals surface area contributed by atoms with Crippen LogP contribution in [0.25, 0.3) is 11.1 Å². The van der Waals surface area contributed by atoms with Gasteiger partial charge < -0.3 is 10.2 Å². The molecule has 1 aliphatic rings. The minimum atomic E-state index is -0.105. The molecule has 106 valence electrons. The molecule has 0 aromatic heterocycles. The van der Waals surface area contributed by atoms with Gasteiger partial charge in [-0.3, -0.25) is 9.59 Å². The lowest BCUT2D eigenvalue weighted by Gasteiger charge is -2.27. The molecule has 0 spiro atoms. The zero-order valence-corrected chi connectivity index (χ0v) is 11.6. The second kappa shape index (κ2) is 5.79. The largest absolute Gasteiger partial charge is 0.353 e. The fraction of sp³-hybridized carbons (Fsp3) is 0.176. The number of hydrogen-bond donors (Lipinski definition) is 1. The molecule has 0 unspecified atom stereocenters. The summed E-state index contributed by atoms with van der Waals surface area (Å²) in [6, 6.07) is 17.3. The molecule has 4 nitrogen and oxygen atoms in total. The van der Waals surface area contributed by atoms with Gasteiger partial charge in [-0.05, 0) is 17.2 Å². The van der Waals surface area contributed by atoms with Gasteiger partial charge in [-0.1, -0.05) is 48.5 Å². The molecule has 4 heteroatoms. The zero-order chi connectivity index (χ0) is 14.7. The Morgan fingerprint density at radius 3 is 2.48 bits per heavy atom. The van der Waals surface area contributed by atoms with Gasteiger partial charge in [-0.15, -0.1) is 0 Å². The quantitative estimate of drug-likeness (QED) is 0.913. The molecule has 1 saturated heterocycles. The Bertz CT molecular complexity index is 668. The molecule has 1 aliphatic heterocycles. The van der Waals surface area contributed by atoms with Crippen LogP contribution in [0, 0.1) is 0 Å². The number of piperazine rings is 1. The summed E-state index contributed by atoms with van der Waals surface area (Å²) < 4.78 is 0. The lowest BCUT2D eigenvalue weighted by atomic mass is 9.99. The van der Waals surface area contributed by atoms with E-state index in [4.69, 9.17) is 0 Å². The number of carbonyl (C=O) groups is 2. The van der Waals surface area contributed by atoms with Crippen LogP contribution in [0.2, 0.25) is 0 Å². The lowest BCUT2D eigenvalue weighted by Crippen LogP contribution is -2.50. The van der Waals surface area contributed by atoms with Crippen molar-refractivity contribution in [3.05, 3.63) is 60.2 Å². The molecule has 3 rings (SSSR count). The van der Waals surface area contributed by atoms with Crippen LogP contribution in [0.5, 0.6) is 0 Å². The Morgan fingerprint density at radius 1 is 1.00 bits per heavy atom. The van der Waals surface area contributed by atoms with Gasteiger partial charge >= 0.3 is 0 Å². The van der Waals surface area contributed by atoms with E-state index >= 15 is 0 Å². The van der Waals surface area contributed by atoms with Crippen LogP contribution in [0.3, 0.4) is 0 Å². The molecule has 21 heavy (non-hydrogen) atoms. The molecular formula is C17H16N2O2. The van der Waals surface area contributed by atoms with Crippen molar-refractivity contribution in [2.45, 2.75) is 0 Å². The first-order valence-electron chi connectivity index (χ1n) is 6.96. The summed E-state index contributed by atoms with van der Waals surface area (Å²) in [7, 11) is 0. The number of carbonyl (C=O) groups excluding carboxylic acids is 2. The standard InChI is InChI=1S/C17H16N2O2/c20-16-12-19(11-10-18-16)17(21)15-9-5-4-8-14(15)13-6-2-1-3-7-13/h1-9H,10-12H2,(H,18,20). The molecule has 0 radical (unpaired) electrons. The van der Waals surface area contributed by atoms with Gasteiger partial charge in [0.25, 0.3) is 5.91 Å². The summed E-state index contributed by atoms with van der Waals surface area (Å²) in [6.45, 7) is 1.19. The number of nitrogens with one attached hydrogen (secondary N) is 1. The molecule has 2 aromatic rings. The maximum absolute atomic E-state index is 12.7. The zero-order valence-electron chi connectivity index (χ0n) is 11.6. The molecule has 2 aromatic carbocycles. The van der Waals surface area contributed by atoms with E-state index in [1.165, 1.54) is 0 Å². The molecule has 2 amide bonds. The van der Waals surface area contributed by atoms with E-state index < -0.39 is 0 Å². The third-order valence-electron chi connectivity index (χ3n) is 3.57. The Hall–Kier alpha value is -2.62. The number of hydrogen-bond acceptors (Lipinski definition) is 2. The smallest absolute Gasteiger partial charge is 0.255 e. The van der Waals surface area contributed by atoms with E-state index in [0.29, 0.717) is 18.7 Å². The monoisotopic (exact) mass is 280 g/mol. The van der Waals surface area contributed by atoms with Gasteiger partial charge in [0, 0.05) is 18.7 Å². The molecule has 0 aliphatic carbocycles. The first kappa shape index (κ1) is 13.4. The molecule has 0 saturated carbocycles. The highest BCUT2D eigenvalue weighted by atomic mass is 16.2. The third-order valence-corrected chi connectivity index (χ3v) is 3.57. The predicted octanol–water partition coefficient (Wildman–Crippen LogP) is 1.93. The summed E-state index contributed by atoms with van der Waals surface area (Å²) in [4.78, 5) is 25.7. The number of nitrogens with zero attached hydrogens (tertiary/aromatic N) is 1. The number of rotatable bonds is 2. The van der Waals surface area contributed by atoms with Gasteiger partial charge in [-0.2, -0.15) is 0 Å².